The van der Waals surface area contributed by atoms with Gasteiger partial charge in [0.05, 0.1) is 14.2 Å². The van der Waals surface area contributed by atoms with Crippen LogP contribution in [0.3, 0.4) is 0 Å². The monoisotopic (exact) mass is 210 g/mol. The maximum atomic E-state index is 5.41. The lowest BCUT2D eigenvalue weighted by atomic mass is 10.0. The molecular weight excluding hydrogens is 192 g/mol. The first-order valence-corrected chi connectivity index (χ1v) is 4.83. The number of hydrogen-bond acceptors (Lipinski definition) is 4. The van der Waals surface area contributed by atoms with Gasteiger partial charge >= 0.3 is 0 Å². The lowest BCUT2D eigenvalue weighted by molar-refractivity contribution is 0.381. The number of rotatable bonds is 4. The highest BCUT2D eigenvalue weighted by molar-refractivity contribution is 5.50. The van der Waals surface area contributed by atoms with Crippen LogP contribution in [0.25, 0.3) is 0 Å². The zero-order valence-electron chi connectivity index (χ0n) is 9.63. The molecule has 3 N–H and O–H groups in total. The van der Waals surface area contributed by atoms with Crippen molar-refractivity contribution in [2.24, 2.45) is 5.84 Å². The van der Waals surface area contributed by atoms with Gasteiger partial charge in [-0.25, -0.2) is 0 Å². The highest BCUT2D eigenvalue weighted by atomic mass is 16.5. The molecule has 0 saturated heterocycles. The van der Waals surface area contributed by atoms with Crippen molar-refractivity contribution in [3.63, 3.8) is 0 Å². The van der Waals surface area contributed by atoms with Crippen LogP contribution >= 0.6 is 0 Å². The molecule has 0 heterocycles. The van der Waals surface area contributed by atoms with E-state index in [0.717, 1.165) is 22.6 Å². The Labute approximate surface area is 90.3 Å². The quantitative estimate of drug-likeness (QED) is 0.584. The minimum Gasteiger partial charge on any atom is -0.496 e. The van der Waals surface area contributed by atoms with Crippen molar-refractivity contribution in [1.29, 1.82) is 0 Å². The summed E-state index contributed by atoms with van der Waals surface area (Å²) in [6, 6.07) is 3.92. The van der Waals surface area contributed by atoms with Crippen molar-refractivity contribution >= 4 is 0 Å². The summed E-state index contributed by atoms with van der Waals surface area (Å²) in [5.41, 5.74) is 4.71. The summed E-state index contributed by atoms with van der Waals surface area (Å²) in [6.45, 7) is 3.94. The van der Waals surface area contributed by atoms with E-state index in [1.54, 1.807) is 14.2 Å². The Morgan fingerprint density at radius 1 is 1.27 bits per heavy atom. The molecule has 15 heavy (non-hydrogen) atoms. The summed E-state index contributed by atoms with van der Waals surface area (Å²) in [5, 5.41) is 0. The van der Waals surface area contributed by atoms with E-state index in [0.29, 0.717) is 0 Å². The van der Waals surface area contributed by atoms with Gasteiger partial charge in [-0.15, -0.1) is 0 Å². The topological polar surface area (TPSA) is 56.5 Å². The Hall–Kier alpha value is -1.26. The smallest absolute Gasteiger partial charge is 0.130 e. The predicted octanol–water partition coefficient (Wildman–Crippen LogP) is 1.54. The lowest BCUT2D eigenvalue weighted by Crippen LogP contribution is -2.26. The average Bonchev–Trinajstić information content (AvgIpc) is 2.27. The van der Waals surface area contributed by atoms with Gasteiger partial charge in [-0.2, -0.15) is 0 Å². The Balaban J connectivity index is 3.24. The second-order valence-corrected chi connectivity index (χ2v) is 3.40. The number of nitrogens with two attached hydrogens (primary N) is 1. The minimum atomic E-state index is 0.0459. The molecule has 1 rings (SSSR count). The number of hydrogen-bond donors (Lipinski definition) is 2. The molecule has 0 aliphatic heterocycles. The lowest BCUT2D eigenvalue weighted by Gasteiger charge is -2.18. The molecule has 1 aromatic rings. The standard InChI is InChI=1S/C11H18N2O2/c1-7-10(14-3)6-5-9(8(2)13-12)11(7)15-4/h5-6,8,13H,12H2,1-4H3. The first-order valence-electron chi connectivity index (χ1n) is 4.83. The van der Waals surface area contributed by atoms with E-state index < -0.39 is 0 Å². The molecule has 0 saturated carbocycles. The van der Waals surface area contributed by atoms with E-state index in [1.807, 2.05) is 26.0 Å². The molecule has 0 aliphatic carbocycles. The number of ether oxygens (including phenoxy) is 2. The zero-order chi connectivity index (χ0) is 11.4. The molecule has 0 fully saturated rings. The van der Waals surface area contributed by atoms with E-state index in [-0.39, 0.29) is 6.04 Å². The van der Waals surface area contributed by atoms with Gasteiger partial charge in [0.15, 0.2) is 0 Å². The van der Waals surface area contributed by atoms with E-state index >= 15 is 0 Å². The first-order chi connectivity index (χ1) is 7.15. The summed E-state index contributed by atoms with van der Waals surface area (Å²) < 4.78 is 10.6. The van der Waals surface area contributed by atoms with Gasteiger partial charge in [0.25, 0.3) is 0 Å². The SMILES string of the molecule is COc1ccc(C(C)NN)c(OC)c1C. The van der Waals surface area contributed by atoms with Gasteiger partial charge in [-0.1, -0.05) is 6.07 Å². The largest absolute Gasteiger partial charge is 0.496 e. The van der Waals surface area contributed by atoms with E-state index in [1.165, 1.54) is 0 Å². The highest BCUT2D eigenvalue weighted by Crippen LogP contribution is 2.34. The second kappa shape index (κ2) is 5.00. The number of benzene rings is 1. The van der Waals surface area contributed by atoms with Crippen LogP contribution < -0.4 is 20.7 Å². The molecule has 0 spiro atoms. The fourth-order valence-electron chi connectivity index (χ4n) is 1.62. The molecule has 0 aliphatic rings. The van der Waals surface area contributed by atoms with Crippen LogP contribution in [0.1, 0.15) is 24.1 Å². The Morgan fingerprint density at radius 2 is 1.93 bits per heavy atom. The normalized spacial score (nSPS) is 12.3. The van der Waals surface area contributed by atoms with Gasteiger partial charge < -0.3 is 9.47 Å². The summed E-state index contributed by atoms with van der Waals surface area (Å²) in [6.07, 6.45) is 0. The van der Waals surface area contributed by atoms with Crippen LogP contribution in [-0.2, 0) is 0 Å². The van der Waals surface area contributed by atoms with Crippen LogP contribution in [0.4, 0.5) is 0 Å². The number of methoxy groups -OCH3 is 2. The Kier molecular flexibility index (Phi) is 3.94. The molecule has 4 heteroatoms. The summed E-state index contributed by atoms with van der Waals surface area (Å²) in [4.78, 5) is 0. The summed E-state index contributed by atoms with van der Waals surface area (Å²) in [7, 11) is 3.29. The molecule has 84 valence electrons. The van der Waals surface area contributed by atoms with Crippen molar-refractivity contribution in [2.45, 2.75) is 19.9 Å². The second-order valence-electron chi connectivity index (χ2n) is 3.40. The number of hydrazine groups is 1. The van der Waals surface area contributed by atoms with Gasteiger partial charge in [-0.05, 0) is 19.9 Å². The van der Waals surface area contributed by atoms with Crippen LogP contribution in [0.15, 0.2) is 12.1 Å². The van der Waals surface area contributed by atoms with Crippen molar-refractivity contribution < 1.29 is 9.47 Å². The fraction of sp³-hybridized carbons (Fsp3) is 0.455. The van der Waals surface area contributed by atoms with Gasteiger partial charge in [0.1, 0.15) is 11.5 Å². The molecule has 1 aromatic carbocycles. The van der Waals surface area contributed by atoms with E-state index in [4.69, 9.17) is 15.3 Å². The molecular formula is C11H18N2O2. The zero-order valence-corrected chi connectivity index (χ0v) is 9.63. The Bertz CT molecular complexity index is 340. The average molecular weight is 210 g/mol. The van der Waals surface area contributed by atoms with Crippen molar-refractivity contribution in [3.05, 3.63) is 23.3 Å². The predicted molar refractivity (Wildman–Crippen MR) is 60.0 cm³/mol. The Morgan fingerprint density at radius 3 is 2.40 bits per heavy atom. The van der Waals surface area contributed by atoms with Gasteiger partial charge in [0, 0.05) is 17.2 Å². The van der Waals surface area contributed by atoms with E-state index in [9.17, 15) is 0 Å². The summed E-state index contributed by atoms with van der Waals surface area (Å²) >= 11 is 0. The van der Waals surface area contributed by atoms with Gasteiger partial charge in [-0.3, -0.25) is 11.3 Å². The molecule has 0 aromatic heterocycles. The third-order valence-corrected chi connectivity index (χ3v) is 2.53. The van der Waals surface area contributed by atoms with Crippen molar-refractivity contribution in [2.75, 3.05) is 14.2 Å². The fourth-order valence-corrected chi connectivity index (χ4v) is 1.62. The van der Waals surface area contributed by atoms with Crippen molar-refractivity contribution in [3.8, 4) is 11.5 Å². The van der Waals surface area contributed by atoms with Crippen LogP contribution in [0, 0.1) is 6.92 Å². The maximum Gasteiger partial charge on any atom is 0.130 e. The van der Waals surface area contributed by atoms with Crippen LogP contribution in [0.5, 0.6) is 11.5 Å². The third-order valence-electron chi connectivity index (χ3n) is 2.53. The highest BCUT2D eigenvalue weighted by Gasteiger charge is 2.14. The molecule has 0 bridgehead atoms. The van der Waals surface area contributed by atoms with Crippen LogP contribution in [-0.4, -0.2) is 14.2 Å². The molecule has 0 amide bonds. The van der Waals surface area contributed by atoms with Crippen LogP contribution in [0.2, 0.25) is 0 Å². The minimum absolute atomic E-state index is 0.0459. The number of nitrogens with one attached hydrogen (secondary N) is 1. The third kappa shape index (κ3) is 2.22. The first kappa shape index (κ1) is 11.8. The van der Waals surface area contributed by atoms with E-state index in [2.05, 4.69) is 5.43 Å². The summed E-state index contributed by atoms with van der Waals surface area (Å²) in [5.74, 6) is 7.05. The maximum absolute atomic E-state index is 5.41. The molecule has 1 atom stereocenters. The van der Waals surface area contributed by atoms with Crippen molar-refractivity contribution in [1.82, 2.24) is 5.43 Å². The molecule has 0 radical (unpaired) electrons. The molecule has 4 nitrogen and oxygen atoms in total. The van der Waals surface area contributed by atoms with Gasteiger partial charge in [0.2, 0.25) is 0 Å². The molecule has 1 unspecified atom stereocenters.